The van der Waals surface area contributed by atoms with Crippen molar-refractivity contribution in [2.24, 2.45) is 0 Å². The summed E-state index contributed by atoms with van der Waals surface area (Å²) in [5.41, 5.74) is 4.75. The van der Waals surface area contributed by atoms with Crippen LogP contribution in [0.2, 0.25) is 0 Å². The average molecular weight is 418 g/mol. The Labute approximate surface area is 176 Å². The van der Waals surface area contributed by atoms with Crippen molar-refractivity contribution >= 4 is 16.3 Å². The number of nitrogens with one attached hydrogen (secondary N) is 1. The molecular formula is C21H18N6O2S. The van der Waals surface area contributed by atoms with Crippen LogP contribution in [0.5, 0.6) is 11.5 Å². The zero-order valence-corrected chi connectivity index (χ0v) is 17.4. The molecule has 0 atom stereocenters. The summed E-state index contributed by atoms with van der Waals surface area (Å²) in [5, 5.41) is 21.6. The van der Waals surface area contributed by atoms with Gasteiger partial charge in [0, 0.05) is 11.1 Å². The van der Waals surface area contributed by atoms with Gasteiger partial charge in [0.2, 0.25) is 10.8 Å². The van der Waals surface area contributed by atoms with Crippen molar-refractivity contribution in [2.75, 3.05) is 14.2 Å². The lowest BCUT2D eigenvalue weighted by atomic mass is 10.1. The summed E-state index contributed by atoms with van der Waals surface area (Å²) < 4.78 is 12.4. The zero-order chi connectivity index (χ0) is 20.7. The maximum atomic E-state index is 5.40. The quantitative estimate of drug-likeness (QED) is 0.459. The molecule has 5 rings (SSSR count). The van der Waals surface area contributed by atoms with Crippen LogP contribution in [0.25, 0.3) is 38.3 Å². The van der Waals surface area contributed by atoms with Crippen molar-refractivity contribution in [3.8, 4) is 44.8 Å². The summed E-state index contributed by atoms with van der Waals surface area (Å²) in [7, 11) is 3.23. The average Bonchev–Trinajstić information content (AvgIpc) is 3.49. The normalized spacial score (nSPS) is 11.2. The lowest BCUT2D eigenvalue weighted by Gasteiger charge is -2.07. The molecule has 0 unspecified atom stereocenters. The minimum atomic E-state index is 0.610. The lowest BCUT2D eigenvalue weighted by Crippen LogP contribution is -1.93. The van der Waals surface area contributed by atoms with Gasteiger partial charge < -0.3 is 9.47 Å². The third-order valence-electron chi connectivity index (χ3n) is 4.79. The monoisotopic (exact) mass is 418 g/mol. The van der Waals surface area contributed by atoms with Crippen LogP contribution in [0, 0.1) is 6.92 Å². The number of aryl methyl sites for hydroxylation is 1. The van der Waals surface area contributed by atoms with Gasteiger partial charge in [-0.3, -0.25) is 5.10 Å². The maximum absolute atomic E-state index is 5.40. The molecule has 0 spiro atoms. The van der Waals surface area contributed by atoms with E-state index in [1.165, 1.54) is 16.9 Å². The summed E-state index contributed by atoms with van der Waals surface area (Å²) in [6.07, 6.45) is 0. The number of benzene rings is 2. The highest BCUT2D eigenvalue weighted by molar-refractivity contribution is 7.19. The molecule has 150 valence electrons. The highest BCUT2D eigenvalue weighted by Gasteiger charge is 2.17. The third kappa shape index (κ3) is 3.09. The number of aromatic amines is 1. The summed E-state index contributed by atoms with van der Waals surface area (Å²) in [6, 6.07) is 15.9. The fourth-order valence-electron chi connectivity index (χ4n) is 3.18. The summed E-state index contributed by atoms with van der Waals surface area (Å²) >= 11 is 1.45. The summed E-state index contributed by atoms with van der Waals surface area (Å²) in [5.74, 6) is 1.93. The van der Waals surface area contributed by atoms with Crippen molar-refractivity contribution in [1.29, 1.82) is 0 Å². The van der Waals surface area contributed by atoms with Gasteiger partial charge in [-0.05, 0) is 31.2 Å². The van der Waals surface area contributed by atoms with Crippen molar-refractivity contribution < 1.29 is 9.47 Å². The zero-order valence-electron chi connectivity index (χ0n) is 16.6. The van der Waals surface area contributed by atoms with E-state index in [4.69, 9.17) is 14.6 Å². The van der Waals surface area contributed by atoms with E-state index >= 15 is 0 Å². The maximum Gasteiger partial charge on any atom is 0.235 e. The second-order valence-electron chi connectivity index (χ2n) is 6.73. The first-order valence-electron chi connectivity index (χ1n) is 9.23. The van der Waals surface area contributed by atoms with Crippen LogP contribution in [0.1, 0.15) is 5.56 Å². The molecule has 0 amide bonds. The molecule has 1 N–H and O–H groups in total. The van der Waals surface area contributed by atoms with Crippen LogP contribution in [-0.4, -0.2) is 44.2 Å². The van der Waals surface area contributed by atoms with E-state index < -0.39 is 0 Å². The SMILES string of the molecule is COc1ccc(-c2nn3c(-c4cc(-c5ccc(C)cc5)n[nH]4)nnc3s2)cc1OC. The number of ether oxygens (including phenoxy) is 2. The molecule has 0 bridgehead atoms. The molecule has 30 heavy (non-hydrogen) atoms. The van der Waals surface area contributed by atoms with Gasteiger partial charge in [-0.25, -0.2) is 0 Å². The predicted octanol–water partition coefficient (Wildman–Crippen LogP) is 4.24. The van der Waals surface area contributed by atoms with Crippen LogP contribution < -0.4 is 9.47 Å². The van der Waals surface area contributed by atoms with Gasteiger partial charge in [-0.2, -0.15) is 14.7 Å². The van der Waals surface area contributed by atoms with Crippen LogP contribution in [0.3, 0.4) is 0 Å². The lowest BCUT2D eigenvalue weighted by molar-refractivity contribution is 0.355. The smallest absolute Gasteiger partial charge is 0.235 e. The molecule has 3 aromatic heterocycles. The van der Waals surface area contributed by atoms with E-state index in [2.05, 4.69) is 39.5 Å². The van der Waals surface area contributed by atoms with Gasteiger partial charge in [0.25, 0.3) is 0 Å². The Hall–Kier alpha value is -3.72. The highest BCUT2D eigenvalue weighted by atomic mass is 32.1. The minimum absolute atomic E-state index is 0.610. The summed E-state index contributed by atoms with van der Waals surface area (Å²) in [6.45, 7) is 2.06. The molecule has 0 radical (unpaired) electrons. The van der Waals surface area contributed by atoms with Crippen LogP contribution in [-0.2, 0) is 0 Å². The topological polar surface area (TPSA) is 90.2 Å². The number of hydrogen-bond donors (Lipinski definition) is 1. The predicted molar refractivity (Wildman–Crippen MR) is 115 cm³/mol. The molecular weight excluding hydrogens is 400 g/mol. The van der Waals surface area contributed by atoms with E-state index in [0.717, 1.165) is 27.5 Å². The van der Waals surface area contributed by atoms with E-state index in [9.17, 15) is 0 Å². The Bertz CT molecular complexity index is 1340. The number of nitrogens with zero attached hydrogens (tertiary/aromatic N) is 5. The van der Waals surface area contributed by atoms with Crippen molar-refractivity contribution in [1.82, 2.24) is 30.0 Å². The first kappa shape index (κ1) is 18.3. The molecule has 0 saturated heterocycles. The van der Waals surface area contributed by atoms with E-state index in [0.29, 0.717) is 22.3 Å². The van der Waals surface area contributed by atoms with Gasteiger partial charge in [0.15, 0.2) is 11.5 Å². The molecule has 8 nitrogen and oxygen atoms in total. The van der Waals surface area contributed by atoms with Gasteiger partial charge in [-0.15, -0.1) is 10.2 Å². The largest absolute Gasteiger partial charge is 0.493 e. The van der Waals surface area contributed by atoms with Crippen LogP contribution >= 0.6 is 11.3 Å². The second kappa shape index (κ2) is 7.27. The van der Waals surface area contributed by atoms with Gasteiger partial charge in [-0.1, -0.05) is 41.2 Å². The number of fused-ring (bicyclic) bond motifs is 1. The fourth-order valence-corrected chi connectivity index (χ4v) is 4.01. The molecule has 0 aliphatic carbocycles. The molecule has 9 heteroatoms. The number of methoxy groups -OCH3 is 2. The third-order valence-corrected chi connectivity index (χ3v) is 5.74. The van der Waals surface area contributed by atoms with Crippen molar-refractivity contribution in [2.45, 2.75) is 6.92 Å². The van der Waals surface area contributed by atoms with Gasteiger partial charge in [0.05, 0.1) is 19.9 Å². The van der Waals surface area contributed by atoms with Crippen LogP contribution in [0.4, 0.5) is 0 Å². The number of rotatable bonds is 5. The van der Waals surface area contributed by atoms with E-state index in [1.54, 1.807) is 18.7 Å². The standard InChI is InChI=1S/C21H18N6O2S/c1-12-4-6-13(7-5-12)15-11-16(23-22-15)19-24-25-21-27(19)26-20(30-21)14-8-9-17(28-2)18(10-14)29-3/h4-11H,1-3H3,(H,22,23). The fraction of sp³-hybridized carbons (Fsp3) is 0.143. The Morgan fingerprint density at radius 1 is 0.900 bits per heavy atom. The number of H-pyrrole nitrogens is 1. The number of hydrogen-bond acceptors (Lipinski definition) is 7. The van der Waals surface area contributed by atoms with Crippen LogP contribution in [0.15, 0.2) is 48.5 Å². The van der Waals surface area contributed by atoms with Gasteiger partial charge >= 0.3 is 0 Å². The first-order chi connectivity index (χ1) is 14.7. The molecule has 2 aromatic carbocycles. The van der Waals surface area contributed by atoms with Crippen molar-refractivity contribution in [3.63, 3.8) is 0 Å². The Balaban J connectivity index is 1.52. The van der Waals surface area contributed by atoms with Crippen molar-refractivity contribution in [3.05, 3.63) is 54.1 Å². The van der Waals surface area contributed by atoms with E-state index in [-0.39, 0.29) is 0 Å². The highest BCUT2D eigenvalue weighted by Crippen LogP contribution is 2.34. The molecule has 0 aliphatic heterocycles. The first-order valence-corrected chi connectivity index (χ1v) is 10.1. The van der Waals surface area contributed by atoms with E-state index in [1.807, 2.05) is 36.4 Å². The Morgan fingerprint density at radius 3 is 2.43 bits per heavy atom. The Morgan fingerprint density at radius 2 is 1.67 bits per heavy atom. The molecule has 5 aromatic rings. The Kier molecular flexibility index (Phi) is 4.44. The van der Waals surface area contributed by atoms with Gasteiger partial charge in [0.1, 0.15) is 10.7 Å². The second-order valence-corrected chi connectivity index (χ2v) is 7.68. The molecule has 0 saturated carbocycles. The molecule has 0 fully saturated rings. The summed E-state index contributed by atoms with van der Waals surface area (Å²) in [4.78, 5) is 0.696. The minimum Gasteiger partial charge on any atom is -0.493 e. The molecule has 0 aliphatic rings. The molecule has 3 heterocycles. The number of aromatic nitrogens is 6.